The average molecular weight is 269 g/mol. The number of carbonyl (C=O) groups is 2. The number of carboxylic acid groups (broad SMARTS) is 1. The minimum atomic E-state index is -0.930. The highest BCUT2D eigenvalue weighted by atomic mass is 16.4. The van der Waals surface area contributed by atoms with Crippen LogP contribution in [-0.2, 0) is 9.59 Å². The lowest BCUT2D eigenvalue weighted by molar-refractivity contribution is -0.143. The lowest BCUT2D eigenvalue weighted by Gasteiger charge is -2.23. The normalized spacial score (nSPS) is 19.7. The van der Waals surface area contributed by atoms with Gasteiger partial charge in [-0.25, -0.2) is 4.79 Å². The van der Waals surface area contributed by atoms with Crippen LogP contribution in [0.4, 0.5) is 0 Å². The molecule has 1 amide bonds. The molecular weight excluding hydrogens is 242 g/mol. The molecule has 0 aliphatic heterocycles. The molecule has 0 aromatic carbocycles. The number of carbonyl (C=O) groups excluding carboxylic acids is 1. The maximum atomic E-state index is 11.8. The van der Waals surface area contributed by atoms with E-state index < -0.39 is 12.0 Å². The van der Waals surface area contributed by atoms with Crippen LogP contribution in [0.15, 0.2) is 0 Å². The van der Waals surface area contributed by atoms with Crippen LogP contribution in [0.5, 0.6) is 0 Å². The molecule has 1 aliphatic rings. The Balaban J connectivity index is 2.33. The molecule has 4 heteroatoms. The Morgan fingerprint density at radius 1 is 1.26 bits per heavy atom. The fourth-order valence-electron chi connectivity index (χ4n) is 2.74. The van der Waals surface area contributed by atoms with Gasteiger partial charge in [0.05, 0.1) is 0 Å². The minimum absolute atomic E-state index is 0.0314. The highest BCUT2D eigenvalue weighted by molar-refractivity contribution is 5.83. The molecule has 2 N–H and O–H groups in total. The summed E-state index contributed by atoms with van der Waals surface area (Å²) in [5.41, 5.74) is 0. The van der Waals surface area contributed by atoms with Crippen LogP contribution in [0, 0.1) is 11.8 Å². The first-order valence-corrected chi connectivity index (χ1v) is 7.56. The van der Waals surface area contributed by atoms with E-state index in [-0.39, 0.29) is 11.8 Å². The number of amides is 1. The topological polar surface area (TPSA) is 66.4 Å². The molecule has 0 spiro atoms. The lowest BCUT2D eigenvalue weighted by atomic mass is 9.86. The van der Waals surface area contributed by atoms with Gasteiger partial charge in [0, 0.05) is 6.42 Å². The summed E-state index contributed by atoms with van der Waals surface area (Å²) in [5.74, 6) is -0.416. The van der Waals surface area contributed by atoms with Gasteiger partial charge < -0.3 is 10.4 Å². The second-order valence-electron chi connectivity index (χ2n) is 5.81. The predicted molar refractivity (Wildman–Crippen MR) is 74.8 cm³/mol. The van der Waals surface area contributed by atoms with Gasteiger partial charge in [-0.05, 0) is 18.3 Å². The van der Waals surface area contributed by atoms with Crippen molar-refractivity contribution in [2.75, 3.05) is 0 Å². The second-order valence-corrected chi connectivity index (χ2v) is 5.81. The van der Waals surface area contributed by atoms with Crippen molar-refractivity contribution in [2.24, 2.45) is 11.8 Å². The zero-order chi connectivity index (χ0) is 14.3. The molecule has 0 aromatic heterocycles. The fourth-order valence-corrected chi connectivity index (χ4v) is 2.74. The van der Waals surface area contributed by atoms with E-state index in [2.05, 4.69) is 5.32 Å². The number of hydrogen-bond donors (Lipinski definition) is 2. The van der Waals surface area contributed by atoms with E-state index in [4.69, 9.17) is 5.11 Å². The standard InChI is InChI=1S/C15H27NO3/c1-3-11(2)14(15(18)19)16-13(17)10-9-12-7-5-4-6-8-12/h11-12,14H,3-10H2,1-2H3,(H,16,17)(H,18,19). The molecule has 2 atom stereocenters. The SMILES string of the molecule is CCC(C)C(NC(=O)CCC1CCCCC1)C(=O)O. The summed E-state index contributed by atoms with van der Waals surface area (Å²) in [5, 5.41) is 11.8. The number of rotatable bonds is 7. The van der Waals surface area contributed by atoms with Gasteiger partial charge in [-0.3, -0.25) is 4.79 Å². The Labute approximate surface area is 116 Å². The van der Waals surface area contributed by atoms with Gasteiger partial charge in [-0.2, -0.15) is 0 Å². The van der Waals surface area contributed by atoms with Crippen LogP contribution in [0.25, 0.3) is 0 Å². The highest BCUT2D eigenvalue weighted by Gasteiger charge is 2.25. The van der Waals surface area contributed by atoms with Crippen molar-refractivity contribution in [3.8, 4) is 0 Å². The molecule has 4 nitrogen and oxygen atoms in total. The monoisotopic (exact) mass is 269 g/mol. The molecule has 0 heterocycles. The largest absolute Gasteiger partial charge is 0.480 e. The predicted octanol–water partition coefficient (Wildman–Crippen LogP) is 2.96. The smallest absolute Gasteiger partial charge is 0.326 e. The van der Waals surface area contributed by atoms with Crippen LogP contribution >= 0.6 is 0 Å². The first kappa shape index (κ1) is 16.0. The van der Waals surface area contributed by atoms with Gasteiger partial charge in [0.25, 0.3) is 0 Å². The van der Waals surface area contributed by atoms with Crippen LogP contribution in [0.1, 0.15) is 65.2 Å². The zero-order valence-corrected chi connectivity index (χ0v) is 12.2. The molecule has 0 aromatic rings. The quantitative estimate of drug-likeness (QED) is 0.746. The van der Waals surface area contributed by atoms with E-state index in [1.54, 1.807) is 0 Å². The number of nitrogens with one attached hydrogen (secondary N) is 1. The molecule has 19 heavy (non-hydrogen) atoms. The van der Waals surface area contributed by atoms with Crippen molar-refractivity contribution in [3.05, 3.63) is 0 Å². The lowest BCUT2D eigenvalue weighted by Crippen LogP contribution is -2.45. The molecule has 1 fully saturated rings. The first-order valence-electron chi connectivity index (χ1n) is 7.56. The van der Waals surface area contributed by atoms with Crippen LogP contribution in [0.3, 0.4) is 0 Å². The Bertz CT molecular complexity index is 298. The molecular formula is C15H27NO3. The van der Waals surface area contributed by atoms with Crippen LogP contribution in [0.2, 0.25) is 0 Å². The molecule has 1 aliphatic carbocycles. The summed E-state index contributed by atoms with van der Waals surface area (Å²) < 4.78 is 0. The fraction of sp³-hybridized carbons (Fsp3) is 0.867. The third kappa shape index (κ3) is 5.62. The number of carboxylic acids is 1. The summed E-state index contributed by atoms with van der Waals surface area (Å²) in [6, 6.07) is -0.746. The van der Waals surface area contributed by atoms with Crippen molar-refractivity contribution in [3.63, 3.8) is 0 Å². The third-order valence-corrected chi connectivity index (χ3v) is 4.30. The molecule has 1 saturated carbocycles. The highest BCUT2D eigenvalue weighted by Crippen LogP contribution is 2.27. The Hall–Kier alpha value is -1.06. The summed E-state index contributed by atoms with van der Waals surface area (Å²) in [6.45, 7) is 3.80. The van der Waals surface area contributed by atoms with E-state index in [1.165, 1.54) is 32.1 Å². The molecule has 0 saturated heterocycles. The molecule has 110 valence electrons. The summed E-state index contributed by atoms with van der Waals surface area (Å²) in [6.07, 6.45) is 8.43. The van der Waals surface area contributed by atoms with Crippen molar-refractivity contribution in [1.29, 1.82) is 0 Å². The summed E-state index contributed by atoms with van der Waals surface area (Å²) in [4.78, 5) is 23.0. The Morgan fingerprint density at radius 2 is 1.89 bits per heavy atom. The Morgan fingerprint density at radius 3 is 2.42 bits per heavy atom. The Kier molecular flexibility index (Phi) is 6.89. The van der Waals surface area contributed by atoms with Crippen molar-refractivity contribution < 1.29 is 14.7 Å². The summed E-state index contributed by atoms with van der Waals surface area (Å²) >= 11 is 0. The van der Waals surface area contributed by atoms with Crippen molar-refractivity contribution in [1.82, 2.24) is 5.32 Å². The van der Waals surface area contributed by atoms with Crippen molar-refractivity contribution in [2.45, 2.75) is 71.3 Å². The third-order valence-electron chi connectivity index (χ3n) is 4.30. The van der Waals surface area contributed by atoms with Crippen LogP contribution in [-0.4, -0.2) is 23.0 Å². The number of aliphatic carboxylic acids is 1. The first-order chi connectivity index (χ1) is 9.04. The maximum Gasteiger partial charge on any atom is 0.326 e. The van der Waals surface area contributed by atoms with Crippen molar-refractivity contribution >= 4 is 11.9 Å². The van der Waals surface area contributed by atoms with Crippen LogP contribution < -0.4 is 5.32 Å². The number of hydrogen-bond acceptors (Lipinski definition) is 2. The van der Waals surface area contributed by atoms with E-state index in [0.717, 1.165) is 12.8 Å². The average Bonchev–Trinajstić information content (AvgIpc) is 2.42. The van der Waals surface area contributed by atoms with Gasteiger partial charge >= 0.3 is 5.97 Å². The van der Waals surface area contributed by atoms with Gasteiger partial charge in [0.1, 0.15) is 6.04 Å². The van der Waals surface area contributed by atoms with E-state index >= 15 is 0 Å². The molecule has 0 radical (unpaired) electrons. The van der Waals surface area contributed by atoms with E-state index in [9.17, 15) is 9.59 Å². The van der Waals surface area contributed by atoms with Gasteiger partial charge in [0.15, 0.2) is 0 Å². The second kappa shape index (κ2) is 8.18. The molecule has 0 bridgehead atoms. The van der Waals surface area contributed by atoms with Gasteiger partial charge in [0.2, 0.25) is 5.91 Å². The van der Waals surface area contributed by atoms with E-state index in [1.807, 2.05) is 13.8 Å². The van der Waals surface area contributed by atoms with Gasteiger partial charge in [-0.1, -0.05) is 52.4 Å². The van der Waals surface area contributed by atoms with Gasteiger partial charge in [-0.15, -0.1) is 0 Å². The maximum absolute atomic E-state index is 11.8. The van der Waals surface area contributed by atoms with E-state index in [0.29, 0.717) is 12.3 Å². The minimum Gasteiger partial charge on any atom is -0.480 e. The zero-order valence-electron chi connectivity index (χ0n) is 12.2. The summed E-state index contributed by atoms with van der Waals surface area (Å²) in [7, 11) is 0. The molecule has 2 unspecified atom stereocenters. The molecule has 1 rings (SSSR count).